The van der Waals surface area contributed by atoms with E-state index in [4.69, 9.17) is 9.47 Å². The van der Waals surface area contributed by atoms with Gasteiger partial charge in [0.25, 0.3) is 0 Å². The average Bonchev–Trinajstić information content (AvgIpc) is 2.16. The van der Waals surface area contributed by atoms with Crippen molar-refractivity contribution in [2.45, 2.75) is 25.7 Å². The van der Waals surface area contributed by atoms with Gasteiger partial charge in [0.2, 0.25) is 0 Å². The molecule has 13 heavy (non-hydrogen) atoms. The number of rotatable bonds is 10. The predicted octanol–water partition coefficient (Wildman–Crippen LogP) is 3.16. The third-order valence-corrected chi connectivity index (χ3v) is 2.40. The Hall–Kier alpha value is 0.230. The minimum Gasteiger partial charge on any atom is -0.499 e. The molecule has 0 heterocycles. The molecule has 0 aromatic carbocycles. The van der Waals surface area contributed by atoms with Crippen LogP contribution in [-0.2, 0) is 9.47 Å². The molecule has 0 aliphatic rings. The lowest BCUT2D eigenvalue weighted by Gasteiger charge is -2.03. The summed E-state index contributed by atoms with van der Waals surface area (Å²) in [6, 6.07) is 0. The van der Waals surface area contributed by atoms with E-state index in [1.807, 2.05) is 0 Å². The molecule has 0 atom stereocenters. The highest BCUT2D eigenvalue weighted by Crippen LogP contribution is 2.02. The SMILES string of the molecule is C=COCCOCCCCCCI. The van der Waals surface area contributed by atoms with Crippen molar-refractivity contribution < 1.29 is 9.47 Å². The third-order valence-electron chi connectivity index (χ3n) is 1.64. The molecule has 0 rings (SSSR count). The fourth-order valence-corrected chi connectivity index (χ4v) is 1.48. The van der Waals surface area contributed by atoms with Crippen molar-refractivity contribution in [3.8, 4) is 0 Å². The summed E-state index contributed by atoms with van der Waals surface area (Å²) < 4.78 is 11.5. The molecule has 0 aromatic rings. The second kappa shape index (κ2) is 12.2. The Morgan fingerprint density at radius 1 is 1.00 bits per heavy atom. The lowest BCUT2D eigenvalue weighted by Crippen LogP contribution is -2.02. The highest BCUT2D eigenvalue weighted by atomic mass is 127. The molecule has 0 saturated carbocycles. The zero-order chi connectivity index (χ0) is 9.78. The van der Waals surface area contributed by atoms with Gasteiger partial charge in [-0.1, -0.05) is 42.0 Å². The van der Waals surface area contributed by atoms with Crippen LogP contribution in [0, 0.1) is 0 Å². The molecule has 0 aliphatic heterocycles. The van der Waals surface area contributed by atoms with Crippen LogP contribution in [0.3, 0.4) is 0 Å². The highest BCUT2D eigenvalue weighted by Gasteiger charge is 1.90. The number of hydrogen-bond acceptors (Lipinski definition) is 2. The summed E-state index contributed by atoms with van der Waals surface area (Å²) in [4.78, 5) is 0. The fourth-order valence-electron chi connectivity index (χ4n) is 0.945. The predicted molar refractivity (Wildman–Crippen MR) is 64.3 cm³/mol. The van der Waals surface area contributed by atoms with E-state index < -0.39 is 0 Å². The number of unbranched alkanes of at least 4 members (excludes halogenated alkanes) is 3. The number of hydrogen-bond donors (Lipinski definition) is 0. The van der Waals surface area contributed by atoms with Crippen LogP contribution in [0.2, 0.25) is 0 Å². The van der Waals surface area contributed by atoms with Crippen LogP contribution in [0.5, 0.6) is 0 Å². The van der Waals surface area contributed by atoms with Gasteiger partial charge in [-0.15, -0.1) is 0 Å². The Morgan fingerprint density at radius 3 is 2.46 bits per heavy atom. The zero-order valence-electron chi connectivity index (χ0n) is 8.14. The normalized spacial score (nSPS) is 9.92. The van der Waals surface area contributed by atoms with Gasteiger partial charge in [0.15, 0.2) is 0 Å². The molecule has 0 spiro atoms. The van der Waals surface area contributed by atoms with E-state index in [0.717, 1.165) is 6.61 Å². The first-order valence-electron chi connectivity index (χ1n) is 4.78. The monoisotopic (exact) mass is 298 g/mol. The van der Waals surface area contributed by atoms with Gasteiger partial charge in [0, 0.05) is 6.61 Å². The molecule has 0 aliphatic carbocycles. The number of halogens is 1. The summed E-state index contributed by atoms with van der Waals surface area (Å²) in [7, 11) is 0. The maximum atomic E-state index is 5.34. The third kappa shape index (κ3) is 12.2. The first kappa shape index (κ1) is 13.2. The average molecular weight is 298 g/mol. The van der Waals surface area contributed by atoms with E-state index >= 15 is 0 Å². The lowest BCUT2D eigenvalue weighted by atomic mass is 10.2. The molecule has 0 saturated heterocycles. The highest BCUT2D eigenvalue weighted by molar-refractivity contribution is 14.1. The maximum absolute atomic E-state index is 5.34. The van der Waals surface area contributed by atoms with Gasteiger partial charge in [-0.2, -0.15) is 0 Å². The molecule has 2 nitrogen and oxygen atoms in total. The van der Waals surface area contributed by atoms with E-state index in [9.17, 15) is 0 Å². The summed E-state index contributed by atoms with van der Waals surface area (Å²) >= 11 is 2.41. The summed E-state index contributed by atoms with van der Waals surface area (Å²) in [5, 5.41) is 0. The second-order valence-corrected chi connectivity index (χ2v) is 3.83. The molecule has 0 radical (unpaired) electrons. The topological polar surface area (TPSA) is 18.5 Å². The molecule has 0 fully saturated rings. The van der Waals surface area contributed by atoms with Crippen molar-refractivity contribution in [2.75, 3.05) is 24.2 Å². The molecule has 3 heteroatoms. The van der Waals surface area contributed by atoms with Gasteiger partial charge in [0.05, 0.1) is 12.9 Å². The minimum atomic E-state index is 0.622. The van der Waals surface area contributed by atoms with Crippen LogP contribution in [0.25, 0.3) is 0 Å². The summed E-state index contributed by atoms with van der Waals surface area (Å²) in [6.07, 6.45) is 6.56. The molecule has 0 bridgehead atoms. The van der Waals surface area contributed by atoms with E-state index in [-0.39, 0.29) is 0 Å². The fraction of sp³-hybridized carbons (Fsp3) is 0.800. The van der Waals surface area contributed by atoms with Crippen molar-refractivity contribution in [3.05, 3.63) is 12.8 Å². The quantitative estimate of drug-likeness (QED) is 0.267. The zero-order valence-corrected chi connectivity index (χ0v) is 10.3. The molecule has 0 N–H and O–H groups in total. The van der Waals surface area contributed by atoms with Gasteiger partial charge in [-0.3, -0.25) is 0 Å². The first-order chi connectivity index (χ1) is 6.41. The summed E-state index contributed by atoms with van der Waals surface area (Å²) in [6.45, 7) is 5.61. The smallest absolute Gasteiger partial charge is 0.111 e. The largest absolute Gasteiger partial charge is 0.499 e. The van der Waals surface area contributed by atoms with Crippen molar-refractivity contribution in [2.24, 2.45) is 0 Å². The maximum Gasteiger partial charge on any atom is 0.111 e. The Morgan fingerprint density at radius 2 is 1.77 bits per heavy atom. The Kier molecular flexibility index (Phi) is 12.4. The molecule has 0 unspecified atom stereocenters. The standard InChI is InChI=1S/C10H19IO2/c1-2-12-9-10-13-8-6-4-3-5-7-11/h2H,1,3-10H2. The van der Waals surface area contributed by atoms with Gasteiger partial charge in [0.1, 0.15) is 6.61 Å². The summed E-state index contributed by atoms with van der Waals surface area (Å²) in [5.41, 5.74) is 0. The Balaban J connectivity index is 2.79. The minimum absolute atomic E-state index is 0.622. The molecule has 0 aromatic heterocycles. The van der Waals surface area contributed by atoms with E-state index in [2.05, 4.69) is 29.2 Å². The number of ether oxygens (including phenoxy) is 2. The van der Waals surface area contributed by atoms with Gasteiger partial charge in [-0.25, -0.2) is 0 Å². The van der Waals surface area contributed by atoms with Crippen LogP contribution in [0.1, 0.15) is 25.7 Å². The molecular weight excluding hydrogens is 279 g/mol. The second-order valence-electron chi connectivity index (χ2n) is 2.75. The van der Waals surface area contributed by atoms with Crippen molar-refractivity contribution in [1.82, 2.24) is 0 Å². The first-order valence-corrected chi connectivity index (χ1v) is 6.30. The number of alkyl halides is 1. The van der Waals surface area contributed by atoms with Crippen LogP contribution in [0.4, 0.5) is 0 Å². The van der Waals surface area contributed by atoms with E-state index in [1.54, 1.807) is 0 Å². The van der Waals surface area contributed by atoms with E-state index in [1.165, 1.54) is 36.4 Å². The van der Waals surface area contributed by atoms with E-state index in [0.29, 0.717) is 13.2 Å². The molecule has 0 amide bonds. The van der Waals surface area contributed by atoms with Crippen LogP contribution >= 0.6 is 22.6 Å². The van der Waals surface area contributed by atoms with Gasteiger partial charge >= 0.3 is 0 Å². The van der Waals surface area contributed by atoms with Crippen LogP contribution in [-0.4, -0.2) is 24.2 Å². The lowest BCUT2D eigenvalue weighted by molar-refractivity contribution is 0.0827. The van der Waals surface area contributed by atoms with Gasteiger partial charge in [-0.05, 0) is 17.3 Å². The Labute approximate surface area is 94.8 Å². The molecular formula is C10H19IO2. The Bertz CT molecular complexity index is 107. The van der Waals surface area contributed by atoms with Crippen molar-refractivity contribution in [3.63, 3.8) is 0 Å². The van der Waals surface area contributed by atoms with Crippen molar-refractivity contribution in [1.29, 1.82) is 0 Å². The van der Waals surface area contributed by atoms with Crippen LogP contribution < -0.4 is 0 Å². The van der Waals surface area contributed by atoms with Crippen LogP contribution in [0.15, 0.2) is 12.8 Å². The molecule has 78 valence electrons. The van der Waals surface area contributed by atoms with Crippen molar-refractivity contribution >= 4 is 22.6 Å². The summed E-state index contributed by atoms with van der Waals surface area (Å²) in [5.74, 6) is 0. The van der Waals surface area contributed by atoms with Gasteiger partial charge < -0.3 is 9.47 Å².